The lowest BCUT2D eigenvalue weighted by Gasteiger charge is -2.13. The molecular weight excluding hydrogens is 410 g/mol. The van der Waals surface area contributed by atoms with Gasteiger partial charge in [0.15, 0.2) is 0 Å². The van der Waals surface area contributed by atoms with E-state index in [4.69, 9.17) is 5.11 Å². The molecule has 30 heavy (non-hydrogen) atoms. The number of nitrogens with one attached hydrogen (secondary N) is 2. The van der Waals surface area contributed by atoms with Crippen molar-refractivity contribution < 1.29 is 28.2 Å². The maximum atomic E-state index is 12.8. The van der Waals surface area contributed by atoms with Gasteiger partial charge in [-0.05, 0) is 55.0 Å². The molecule has 1 amide bonds. The summed E-state index contributed by atoms with van der Waals surface area (Å²) in [5.74, 6) is -2.44. The Morgan fingerprint density at radius 3 is 2.37 bits per heavy atom. The highest BCUT2D eigenvalue weighted by atomic mass is 32.2. The van der Waals surface area contributed by atoms with Gasteiger partial charge in [-0.3, -0.25) is 14.5 Å². The Kier molecular flexibility index (Phi) is 5.70. The van der Waals surface area contributed by atoms with Gasteiger partial charge in [0.1, 0.15) is 11.3 Å². The van der Waals surface area contributed by atoms with Crippen LogP contribution in [0.25, 0.3) is 0 Å². The van der Waals surface area contributed by atoms with Crippen LogP contribution in [0.3, 0.4) is 0 Å². The van der Waals surface area contributed by atoms with Crippen molar-refractivity contribution in [3.05, 3.63) is 77.6 Å². The molecule has 9 nitrogen and oxygen atoms in total. The number of carboxylic acid groups (broad SMARTS) is 1. The smallest absolute Gasteiger partial charge is 0.339 e. The summed E-state index contributed by atoms with van der Waals surface area (Å²) in [6, 6.07) is 11.0. The van der Waals surface area contributed by atoms with Gasteiger partial charge in [-0.15, -0.1) is 0 Å². The molecule has 3 aromatic rings. The Hall–Kier alpha value is -3.92. The molecule has 0 saturated heterocycles. The summed E-state index contributed by atoms with van der Waals surface area (Å²) in [4.78, 5) is 27.2. The van der Waals surface area contributed by atoms with Crippen LogP contribution in [-0.2, 0) is 10.0 Å². The first kappa shape index (κ1) is 20.8. The number of aromatic carboxylic acids is 1. The Labute approximate surface area is 172 Å². The van der Waals surface area contributed by atoms with Gasteiger partial charge in [-0.25, -0.2) is 13.2 Å². The third kappa shape index (κ3) is 4.55. The zero-order valence-corrected chi connectivity index (χ0v) is 16.5. The van der Waals surface area contributed by atoms with E-state index in [9.17, 15) is 23.1 Å². The van der Waals surface area contributed by atoms with Gasteiger partial charge in [0.05, 0.1) is 4.90 Å². The molecule has 0 aliphatic heterocycles. The number of aromatic nitrogens is 1. The molecule has 0 radical (unpaired) electrons. The first-order valence-corrected chi connectivity index (χ1v) is 10.1. The molecule has 1 aromatic heterocycles. The van der Waals surface area contributed by atoms with Crippen LogP contribution < -0.4 is 10.0 Å². The first-order valence-electron chi connectivity index (χ1n) is 8.58. The lowest BCUT2D eigenvalue weighted by molar-refractivity contribution is 0.0693. The highest BCUT2D eigenvalue weighted by Crippen LogP contribution is 2.27. The van der Waals surface area contributed by atoms with Crippen LogP contribution in [0.1, 0.15) is 26.3 Å². The number of aryl methyl sites for hydroxylation is 1. The lowest BCUT2D eigenvalue weighted by Crippen LogP contribution is -2.16. The summed E-state index contributed by atoms with van der Waals surface area (Å²) in [7, 11) is -4.18. The molecular formula is C20H17N3O6S. The Morgan fingerprint density at radius 2 is 1.70 bits per heavy atom. The summed E-state index contributed by atoms with van der Waals surface area (Å²) < 4.78 is 27.9. The fourth-order valence-corrected chi connectivity index (χ4v) is 4.01. The van der Waals surface area contributed by atoms with Gasteiger partial charge in [0.2, 0.25) is 0 Å². The number of pyridine rings is 1. The van der Waals surface area contributed by atoms with Gasteiger partial charge in [0, 0.05) is 29.3 Å². The normalized spacial score (nSPS) is 11.0. The number of hydrogen-bond acceptors (Lipinski definition) is 6. The van der Waals surface area contributed by atoms with Crippen molar-refractivity contribution in [3.63, 3.8) is 0 Å². The van der Waals surface area contributed by atoms with Crippen molar-refractivity contribution in [2.45, 2.75) is 11.8 Å². The molecule has 0 aliphatic carbocycles. The molecule has 0 spiro atoms. The standard InChI is InChI=1S/C20H17N3O6S/c1-12-9-17(24)16(20(26)27)11-18(12)30(28,29)23-15-4-2-3-13(10-15)19(25)22-14-5-7-21-8-6-14/h2-11,23-24H,1H3,(H,26,27)(H,21,22,25). The number of carboxylic acids is 1. The summed E-state index contributed by atoms with van der Waals surface area (Å²) in [5, 5.41) is 21.5. The maximum Gasteiger partial charge on any atom is 0.339 e. The van der Waals surface area contributed by atoms with E-state index in [1.54, 1.807) is 12.1 Å². The van der Waals surface area contributed by atoms with Gasteiger partial charge in [0.25, 0.3) is 15.9 Å². The highest BCUT2D eigenvalue weighted by Gasteiger charge is 2.22. The molecule has 0 atom stereocenters. The van der Waals surface area contributed by atoms with Crippen LogP contribution in [0.4, 0.5) is 11.4 Å². The van der Waals surface area contributed by atoms with E-state index >= 15 is 0 Å². The highest BCUT2D eigenvalue weighted by molar-refractivity contribution is 7.92. The van der Waals surface area contributed by atoms with Gasteiger partial charge in [-0.2, -0.15) is 0 Å². The minimum absolute atomic E-state index is 0.113. The minimum atomic E-state index is -4.18. The third-order valence-electron chi connectivity index (χ3n) is 4.13. The molecule has 0 saturated carbocycles. The number of anilines is 2. The Morgan fingerprint density at radius 1 is 1.00 bits per heavy atom. The SMILES string of the molecule is Cc1cc(O)c(C(=O)O)cc1S(=O)(=O)Nc1cccc(C(=O)Nc2ccncc2)c1. The van der Waals surface area contributed by atoms with Crippen LogP contribution >= 0.6 is 0 Å². The average Bonchev–Trinajstić information content (AvgIpc) is 2.68. The van der Waals surface area contributed by atoms with Crippen molar-refractivity contribution >= 4 is 33.3 Å². The maximum absolute atomic E-state index is 12.8. The van der Waals surface area contributed by atoms with E-state index in [1.165, 1.54) is 43.6 Å². The van der Waals surface area contributed by atoms with Gasteiger partial charge < -0.3 is 15.5 Å². The lowest BCUT2D eigenvalue weighted by atomic mass is 10.1. The molecule has 4 N–H and O–H groups in total. The number of hydrogen-bond donors (Lipinski definition) is 4. The fraction of sp³-hybridized carbons (Fsp3) is 0.0500. The molecule has 154 valence electrons. The topological polar surface area (TPSA) is 146 Å². The second kappa shape index (κ2) is 8.21. The predicted octanol–water partition coefficient (Wildman–Crippen LogP) is 2.85. The summed E-state index contributed by atoms with van der Waals surface area (Å²) in [6.07, 6.45) is 3.04. The van der Waals surface area contributed by atoms with Gasteiger partial charge >= 0.3 is 5.97 Å². The van der Waals surface area contributed by atoms with Crippen LogP contribution in [0, 0.1) is 6.92 Å². The molecule has 3 rings (SSSR count). The second-order valence-corrected chi connectivity index (χ2v) is 7.97. The molecule has 1 heterocycles. The number of phenols is 1. The molecule has 10 heteroatoms. The number of nitrogens with zero attached hydrogens (tertiary/aromatic N) is 1. The molecule has 0 fully saturated rings. The number of amides is 1. The first-order chi connectivity index (χ1) is 14.2. The Balaban J connectivity index is 1.88. The number of carbonyl (C=O) groups excluding carboxylic acids is 1. The number of aromatic hydroxyl groups is 1. The van der Waals surface area contributed by atoms with Crippen molar-refractivity contribution in [1.29, 1.82) is 0 Å². The second-order valence-electron chi connectivity index (χ2n) is 6.32. The molecule has 2 aromatic carbocycles. The molecule has 0 aliphatic rings. The van der Waals surface area contributed by atoms with E-state index in [-0.39, 0.29) is 21.7 Å². The zero-order chi connectivity index (χ0) is 21.9. The van der Waals surface area contributed by atoms with E-state index in [1.807, 2.05) is 0 Å². The summed E-state index contributed by atoms with van der Waals surface area (Å²) in [6.45, 7) is 1.43. The quantitative estimate of drug-likeness (QED) is 0.473. The van der Waals surface area contributed by atoms with Crippen molar-refractivity contribution in [2.75, 3.05) is 10.0 Å². The molecule has 0 unspecified atom stereocenters. The van der Waals surface area contributed by atoms with Crippen LogP contribution in [0.2, 0.25) is 0 Å². The van der Waals surface area contributed by atoms with E-state index in [0.29, 0.717) is 5.69 Å². The summed E-state index contributed by atoms with van der Waals surface area (Å²) in [5.41, 5.74) is 0.479. The Bertz CT molecular complexity index is 1230. The number of benzene rings is 2. The van der Waals surface area contributed by atoms with Crippen molar-refractivity contribution in [3.8, 4) is 5.75 Å². The number of rotatable bonds is 6. The fourth-order valence-electron chi connectivity index (χ4n) is 2.71. The molecule has 0 bridgehead atoms. The minimum Gasteiger partial charge on any atom is -0.507 e. The monoisotopic (exact) mass is 427 g/mol. The number of carbonyl (C=O) groups is 2. The van der Waals surface area contributed by atoms with Crippen LogP contribution in [0.15, 0.2) is 65.8 Å². The van der Waals surface area contributed by atoms with Crippen molar-refractivity contribution in [1.82, 2.24) is 4.98 Å². The summed E-state index contributed by atoms with van der Waals surface area (Å²) >= 11 is 0. The average molecular weight is 427 g/mol. The van der Waals surface area contributed by atoms with E-state index < -0.39 is 33.2 Å². The predicted molar refractivity (Wildman–Crippen MR) is 109 cm³/mol. The largest absolute Gasteiger partial charge is 0.507 e. The van der Waals surface area contributed by atoms with Gasteiger partial charge in [-0.1, -0.05) is 6.07 Å². The third-order valence-corrected chi connectivity index (χ3v) is 5.65. The van der Waals surface area contributed by atoms with Crippen molar-refractivity contribution in [2.24, 2.45) is 0 Å². The zero-order valence-electron chi connectivity index (χ0n) is 15.7. The van der Waals surface area contributed by atoms with Crippen LogP contribution in [-0.4, -0.2) is 35.5 Å². The number of sulfonamides is 1. The van der Waals surface area contributed by atoms with Crippen LogP contribution in [0.5, 0.6) is 5.75 Å². The van der Waals surface area contributed by atoms with E-state index in [0.717, 1.165) is 12.1 Å². The van der Waals surface area contributed by atoms with E-state index in [2.05, 4.69) is 15.0 Å².